The number of nitrogens with one attached hydrogen (secondary N) is 1. The molecular formula is C18H16F3N3O. The van der Waals surface area contributed by atoms with Crippen LogP contribution in [0, 0.1) is 0 Å². The zero-order valence-electron chi connectivity index (χ0n) is 13.6. The van der Waals surface area contributed by atoms with Crippen molar-refractivity contribution in [3.05, 3.63) is 60.0 Å². The molecule has 0 aliphatic rings. The molecule has 0 saturated carbocycles. The molecule has 1 N–H and O–H groups in total. The van der Waals surface area contributed by atoms with Crippen molar-refractivity contribution in [3.63, 3.8) is 0 Å². The van der Waals surface area contributed by atoms with Crippen molar-refractivity contribution >= 4 is 11.4 Å². The maximum atomic E-state index is 13.0. The average Bonchev–Trinajstić information content (AvgIpc) is 2.93. The van der Waals surface area contributed by atoms with E-state index in [4.69, 9.17) is 0 Å². The van der Waals surface area contributed by atoms with E-state index in [9.17, 15) is 18.0 Å². The molecule has 0 saturated heterocycles. The van der Waals surface area contributed by atoms with Gasteiger partial charge in [0.05, 0.1) is 16.8 Å². The highest BCUT2D eigenvalue weighted by Crippen LogP contribution is 2.33. The van der Waals surface area contributed by atoms with Gasteiger partial charge in [-0.05, 0) is 38.1 Å². The Hall–Kier alpha value is -2.83. The van der Waals surface area contributed by atoms with Crippen LogP contribution in [0.5, 0.6) is 0 Å². The molecule has 25 heavy (non-hydrogen) atoms. The summed E-state index contributed by atoms with van der Waals surface area (Å²) >= 11 is 0. The van der Waals surface area contributed by atoms with Gasteiger partial charge in [0.15, 0.2) is 0 Å². The quantitative estimate of drug-likeness (QED) is 0.773. The molecule has 4 nitrogen and oxygen atoms in total. The van der Waals surface area contributed by atoms with Crippen LogP contribution < -0.4 is 5.32 Å². The van der Waals surface area contributed by atoms with Crippen LogP contribution in [0.3, 0.4) is 0 Å². The minimum atomic E-state index is -4.44. The molecule has 2 aromatic heterocycles. The Balaban J connectivity index is 2.16. The van der Waals surface area contributed by atoms with Crippen LogP contribution in [0.15, 0.2) is 48.7 Å². The Morgan fingerprint density at radius 2 is 1.92 bits per heavy atom. The highest BCUT2D eigenvalue weighted by molar-refractivity contribution is 5.94. The molecule has 2 heterocycles. The summed E-state index contributed by atoms with van der Waals surface area (Å²) in [5, 5.41) is 2.75. The Bertz CT molecular complexity index is 929. The van der Waals surface area contributed by atoms with Crippen molar-refractivity contribution in [3.8, 4) is 11.3 Å². The van der Waals surface area contributed by atoms with Crippen molar-refractivity contribution in [2.45, 2.75) is 26.1 Å². The molecule has 0 aliphatic carbocycles. The van der Waals surface area contributed by atoms with Gasteiger partial charge in [0.1, 0.15) is 0 Å². The third kappa shape index (κ3) is 3.35. The molecule has 0 spiro atoms. The molecule has 7 heteroatoms. The summed E-state index contributed by atoms with van der Waals surface area (Å²) in [6.07, 6.45) is -2.78. The topological polar surface area (TPSA) is 46.4 Å². The van der Waals surface area contributed by atoms with Gasteiger partial charge in [0.2, 0.25) is 5.82 Å². The van der Waals surface area contributed by atoms with Crippen LogP contribution in [0.2, 0.25) is 0 Å². The number of hydrogen-bond acceptors (Lipinski definition) is 2. The molecular weight excluding hydrogens is 331 g/mol. The van der Waals surface area contributed by atoms with E-state index in [0.29, 0.717) is 16.8 Å². The number of carbonyl (C=O) groups is 1. The van der Waals surface area contributed by atoms with Crippen LogP contribution in [0.1, 0.15) is 30.0 Å². The SMILES string of the molecule is CC(C)NC(=O)c1nc(-c2cccc(C(F)(F)F)c2)c2ccccn12. The van der Waals surface area contributed by atoms with Crippen molar-refractivity contribution in [2.75, 3.05) is 0 Å². The summed E-state index contributed by atoms with van der Waals surface area (Å²) in [6.45, 7) is 3.64. The van der Waals surface area contributed by atoms with Gasteiger partial charge in [-0.15, -0.1) is 0 Å². The number of nitrogens with zero attached hydrogens (tertiary/aromatic N) is 2. The number of hydrogen-bond donors (Lipinski definition) is 1. The standard InChI is InChI=1S/C18H16F3N3O/c1-11(2)22-17(25)16-23-15(14-8-3-4-9-24(14)16)12-6-5-7-13(10-12)18(19,20)21/h3-11H,1-2H3,(H,22,25). The second kappa shape index (κ2) is 6.23. The van der Waals surface area contributed by atoms with Crippen LogP contribution >= 0.6 is 0 Å². The summed E-state index contributed by atoms with van der Waals surface area (Å²) < 4.78 is 40.5. The van der Waals surface area contributed by atoms with Gasteiger partial charge < -0.3 is 5.32 Å². The van der Waals surface area contributed by atoms with E-state index in [1.54, 1.807) is 34.9 Å². The summed E-state index contributed by atoms with van der Waals surface area (Å²) in [7, 11) is 0. The summed E-state index contributed by atoms with van der Waals surface area (Å²) in [5.41, 5.74) is 0.453. The van der Waals surface area contributed by atoms with Gasteiger partial charge >= 0.3 is 6.18 Å². The maximum absolute atomic E-state index is 13.0. The van der Waals surface area contributed by atoms with Gasteiger partial charge in [0.25, 0.3) is 5.91 Å². The number of pyridine rings is 1. The molecule has 0 unspecified atom stereocenters. The minimum Gasteiger partial charge on any atom is -0.347 e. The van der Waals surface area contributed by atoms with Gasteiger partial charge in [-0.25, -0.2) is 4.98 Å². The van der Waals surface area contributed by atoms with E-state index in [1.807, 2.05) is 13.8 Å². The van der Waals surface area contributed by atoms with Crippen molar-refractivity contribution in [2.24, 2.45) is 0 Å². The molecule has 0 bridgehead atoms. The normalized spacial score (nSPS) is 11.9. The zero-order chi connectivity index (χ0) is 18.2. The summed E-state index contributed by atoms with van der Waals surface area (Å²) in [5.74, 6) is -0.244. The fourth-order valence-corrected chi connectivity index (χ4v) is 2.58. The number of aromatic nitrogens is 2. The summed E-state index contributed by atoms with van der Waals surface area (Å²) in [6, 6.07) is 10.0. The lowest BCUT2D eigenvalue weighted by atomic mass is 10.1. The number of rotatable bonds is 3. The van der Waals surface area contributed by atoms with E-state index in [-0.39, 0.29) is 17.8 Å². The van der Waals surface area contributed by atoms with Crippen molar-refractivity contribution in [1.82, 2.24) is 14.7 Å². The van der Waals surface area contributed by atoms with Crippen LogP contribution in [0.25, 0.3) is 16.8 Å². The van der Waals surface area contributed by atoms with E-state index in [0.717, 1.165) is 12.1 Å². The van der Waals surface area contributed by atoms with Gasteiger partial charge in [-0.2, -0.15) is 13.2 Å². The smallest absolute Gasteiger partial charge is 0.347 e. The molecule has 130 valence electrons. The van der Waals surface area contributed by atoms with E-state index >= 15 is 0 Å². The van der Waals surface area contributed by atoms with Crippen molar-refractivity contribution < 1.29 is 18.0 Å². The van der Waals surface area contributed by atoms with E-state index in [2.05, 4.69) is 10.3 Å². The van der Waals surface area contributed by atoms with Crippen LogP contribution in [-0.2, 0) is 6.18 Å². The average molecular weight is 347 g/mol. The Morgan fingerprint density at radius 3 is 2.60 bits per heavy atom. The third-order valence-corrected chi connectivity index (χ3v) is 3.63. The Morgan fingerprint density at radius 1 is 1.16 bits per heavy atom. The first-order valence-corrected chi connectivity index (χ1v) is 7.73. The number of imidazole rings is 1. The fraction of sp³-hybridized carbons (Fsp3) is 0.222. The van der Waals surface area contributed by atoms with E-state index in [1.165, 1.54) is 6.07 Å². The van der Waals surface area contributed by atoms with Gasteiger partial charge in [-0.1, -0.05) is 18.2 Å². The monoisotopic (exact) mass is 347 g/mol. The molecule has 0 atom stereocenters. The predicted octanol–water partition coefficient (Wildman–Crippen LogP) is 4.16. The van der Waals surface area contributed by atoms with Crippen LogP contribution in [0.4, 0.5) is 13.2 Å². The number of alkyl halides is 3. The molecule has 1 amide bonds. The second-order valence-corrected chi connectivity index (χ2v) is 5.95. The lowest BCUT2D eigenvalue weighted by Crippen LogP contribution is -2.31. The first-order valence-electron chi connectivity index (χ1n) is 7.73. The lowest BCUT2D eigenvalue weighted by Gasteiger charge is -2.07. The Kier molecular flexibility index (Phi) is 4.24. The number of amides is 1. The zero-order valence-corrected chi connectivity index (χ0v) is 13.6. The molecule has 3 aromatic rings. The molecule has 0 aliphatic heterocycles. The number of benzene rings is 1. The molecule has 3 rings (SSSR count). The fourth-order valence-electron chi connectivity index (χ4n) is 2.58. The Labute approximate surface area is 142 Å². The van der Waals surface area contributed by atoms with Crippen LogP contribution in [-0.4, -0.2) is 21.3 Å². The molecule has 1 aromatic carbocycles. The third-order valence-electron chi connectivity index (χ3n) is 3.63. The number of halogens is 3. The molecule has 0 radical (unpaired) electrons. The largest absolute Gasteiger partial charge is 0.416 e. The number of fused-ring (bicyclic) bond motifs is 1. The highest BCUT2D eigenvalue weighted by Gasteiger charge is 2.31. The first-order chi connectivity index (χ1) is 11.8. The summed E-state index contributed by atoms with van der Waals surface area (Å²) in [4.78, 5) is 16.7. The lowest BCUT2D eigenvalue weighted by molar-refractivity contribution is -0.137. The van der Waals surface area contributed by atoms with Crippen molar-refractivity contribution in [1.29, 1.82) is 0 Å². The minimum absolute atomic E-state index is 0.0828. The second-order valence-electron chi connectivity index (χ2n) is 5.95. The van der Waals surface area contributed by atoms with Gasteiger partial charge in [0, 0.05) is 17.8 Å². The highest BCUT2D eigenvalue weighted by atomic mass is 19.4. The van der Waals surface area contributed by atoms with Gasteiger partial charge in [-0.3, -0.25) is 9.20 Å². The first kappa shape index (κ1) is 17.0. The van der Waals surface area contributed by atoms with E-state index < -0.39 is 11.7 Å². The molecule has 0 fully saturated rings. The number of carbonyl (C=O) groups excluding carboxylic acids is 1. The predicted molar refractivity (Wildman–Crippen MR) is 88.2 cm³/mol. The maximum Gasteiger partial charge on any atom is 0.416 e.